The molecular weight excluding hydrogens is 558 g/mol. The fraction of sp³-hybridized carbons (Fsp3) is 0.257. The molecule has 4 rings (SSSR count). The van der Waals surface area contributed by atoms with E-state index in [4.69, 9.17) is 0 Å². The summed E-state index contributed by atoms with van der Waals surface area (Å²) in [5.41, 5.74) is 3.15. The number of carbonyl (C=O) groups excluding carboxylic acids is 2. The van der Waals surface area contributed by atoms with Crippen LogP contribution in [0.1, 0.15) is 43.4 Å². The first-order valence-electron chi connectivity index (χ1n) is 14.5. The largest absolute Gasteiger partial charge is 0.355 e. The Morgan fingerprint density at radius 2 is 1.28 bits per heavy atom. The Labute approximate surface area is 255 Å². The summed E-state index contributed by atoms with van der Waals surface area (Å²) in [6.07, 6.45) is 0.278. The van der Waals surface area contributed by atoms with Crippen LogP contribution in [-0.2, 0) is 32.6 Å². The van der Waals surface area contributed by atoms with Crippen LogP contribution in [0.2, 0.25) is 0 Å². The number of amides is 2. The van der Waals surface area contributed by atoms with E-state index in [1.54, 1.807) is 30.3 Å². The average molecular weight is 598 g/mol. The first kappa shape index (κ1) is 31.5. The van der Waals surface area contributed by atoms with Gasteiger partial charge in [0.2, 0.25) is 11.8 Å². The first-order valence-corrected chi connectivity index (χ1v) is 16.0. The van der Waals surface area contributed by atoms with Crippen LogP contribution in [0.5, 0.6) is 0 Å². The monoisotopic (exact) mass is 597 g/mol. The van der Waals surface area contributed by atoms with Gasteiger partial charge in [-0.05, 0) is 53.8 Å². The van der Waals surface area contributed by atoms with Crippen molar-refractivity contribution in [3.05, 3.63) is 132 Å². The van der Waals surface area contributed by atoms with Crippen LogP contribution in [0.15, 0.2) is 120 Å². The summed E-state index contributed by atoms with van der Waals surface area (Å²) in [5, 5.41) is 2.88. The number of sulfonamides is 1. The van der Waals surface area contributed by atoms with Crippen molar-refractivity contribution in [2.75, 3.05) is 17.4 Å². The van der Waals surface area contributed by atoms with Crippen LogP contribution >= 0.6 is 0 Å². The van der Waals surface area contributed by atoms with Gasteiger partial charge in [0.25, 0.3) is 10.0 Å². The van der Waals surface area contributed by atoms with E-state index in [2.05, 4.69) is 19.2 Å². The number of likely N-dealkylation sites (N-methyl/N-ethyl adjacent to an activating group) is 1. The SMILES string of the molecule is CCNC(=O)[C@@H](Cc1ccccc1)N(Cc1ccccc1)C(=O)CN(c1ccc(C(C)C)cc1)S(=O)(=O)c1ccccc1. The number of anilines is 1. The van der Waals surface area contributed by atoms with Gasteiger partial charge in [-0.25, -0.2) is 8.42 Å². The van der Waals surface area contributed by atoms with E-state index in [1.165, 1.54) is 17.0 Å². The molecule has 7 nitrogen and oxygen atoms in total. The maximum absolute atomic E-state index is 14.4. The fourth-order valence-corrected chi connectivity index (χ4v) is 6.34. The second-order valence-electron chi connectivity index (χ2n) is 10.7. The number of benzene rings is 4. The summed E-state index contributed by atoms with van der Waals surface area (Å²) in [5.74, 6) is -0.523. The second kappa shape index (κ2) is 14.6. The van der Waals surface area contributed by atoms with Gasteiger partial charge in [0, 0.05) is 19.5 Å². The maximum Gasteiger partial charge on any atom is 0.264 e. The Morgan fingerprint density at radius 1 is 0.744 bits per heavy atom. The predicted molar refractivity (Wildman–Crippen MR) is 171 cm³/mol. The molecule has 4 aromatic carbocycles. The zero-order chi connectivity index (χ0) is 30.8. The van der Waals surface area contributed by atoms with E-state index < -0.39 is 28.5 Å². The predicted octanol–water partition coefficient (Wildman–Crippen LogP) is 5.78. The molecule has 43 heavy (non-hydrogen) atoms. The quantitative estimate of drug-likeness (QED) is 0.212. The van der Waals surface area contributed by atoms with Crippen molar-refractivity contribution < 1.29 is 18.0 Å². The zero-order valence-electron chi connectivity index (χ0n) is 24.9. The molecule has 0 saturated carbocycles. The maximum atomic E-state index is 14.4. The van der Waals surface area contributed by atoms with Gasteiger partial charge >= 0.3 is 0 Å². The van der Waals surface area contributed by atoms with Gasteiger partial charge < -0.3 is 10.2 Å². The second-order valence-corrected chi connectivity index (χ2v) is 12.5. The third-order valence-corrected chi connectivity index (χ3v) is 9.06. The van der Waals surface area contributed by atoms with Gasteiger partial charge in [-0.1, -0.05) is 105 Å². The minimum Gasteiger partial charge on any atom is -0.355 e. The zero-order valence-corrected chi connectivity index (χ0v) is 25.7. The van der Waals surface area contributed by atoms with Gasteiger partial charge in [0.05, 0.1) is 10.6 Å². The normalized spacial score (nSPS) is 12.0. The highest BCUT2D eigenvalue weighted by molar-refractivity contribution is 7.92. The molecule has 0 spiro atoms. The van der Waals surface area contributed by atoms with Crippen LogP contribution in [0.3, 0.4) is 0 Å². The van der Waals surface area contributed by atoms with Crippen molar-refractivity contribution in [3.63, 3.8) is 0 Å². The lowest BCUT2D eigenvalue weighted by Gasteiger charge is -2.34. The molecule has 0 heterocycles. The highest BCUT2D eigenvalue weighted by Gasteiger charge is 2.34. The third-order valence-electron chi connectivity index (χ3n) is 7.28. The topological polar surface area (TPSA) is 86.8 Å². The molecule has 8 heteroatoms. The van der Waals surface area contributed by atoms with E-state index in [0.29, 0.717) is 12.2 Å². The summed E-state index contributed by atoms with van der Waals surface area (Å²) in [6, 6.07) is 33.4. The van der Waals surface area contributed by atoms with E-state index in [9.17, 15) is 18.0 Å². The Kier molecular flexibility index (Phi) is 10.7. The molecule has 0 aliphatic heterocycles. The Morgan fingerprint density at radius 3 is 1.81 bits per heavy atom. The average Bonchev–Trinajstić information content (AvgIpc) is 3.03. The number of nitrogens with one attached hydrogen (secondary N) is 1. The number of carbonyl (C=O) groups is 2. The highest BCUT2D eigenvalue weighted by Crippen LogP contribution is 2.27. The highest BCUT2D eigenvalue weighted by atomic mass is 32.2. The van der Waals surface area contributed by atoms with Crippen LogP contribution in [0.25, 0.3) is 0 Å². The van der Waals surface area contributed by atoms with Crippen LogP contribution in [0.4, 0.5) is 5.69 Å². The molecule has 4 aromatic rings. The van der Waals surface area contributed by atoms with Crippen molar-refractivity contribution in [2.45, 2.75) is 50.6 Å². The molecule has 0 saturated heterocycles. The van der Waals surface area contributed by atoms with E-state index in [0.717, 1.165) is 21.0 Å². The summed E-state index contributed by atoms with van der Waals surface area (Å²) in [6.45, 7) is 6.01. The Balaban J connectivity index is 1.78. The summed E-state index contributed by atoms with van der Waals surface area (Å²) in [7, 11) is -4.12. The molecule has 0 unspecified atom stereocenters. The van der Waals surface area contributed by atoms with Crippen molar-refractivity contribution in [1.29, 1.82) is 0 Å². The van der Waals surface area contributed by atoms with Crippen molar-refractivity contribution >= 4 is 27.5 Å². The lowest BCUT2D eigenvalue weighted by molar-refractivity contribution is -0.140. The van der Waals surface area contributed by atoms with Crippen molar-refractivity contribution in [3.8, 4) is 0 Å². The summed E-state index contributed by atoms with van der Waals surface area (Å²) < 4.78 is 29.2. The first-order chi connectivity index (χ1) is 20.7. The van der Waals surface area contributed by atoms with E-state index >= 15 is 0 Å². The number of rotatable bonds is 13. The van der Waals surface area contributed by atoms with Crippen LogP contribution in [-0.4, -0.2) is 44.3 Å². The van der Waals surface area contributed by atoms with Gasteiger partial charge in [0.15, 0.2) is 0 Å². The van der Waals surface area contributed by atoms with Gasteiger partial charge in [-0.3, -0.25) is 13.9 Å². The third kappa shape index (κ3) is 8.11. The van der Waals surface area contributed by atoms with Crippen LogP contribution in [0, 0.1) is 0 Å². The lowest BCUT2D eigenvalue weighted by Crippen LogP contribution is -2.53. The number of hydrogen-bond acceptors (Lipinski definition) is 4. The molecular formula is C35H39N3O4S. The molecule has 1 atom stereocenters. The Hall–Kier alpha value is -4.43. The van der Waals surface area contributed by atoms with Crippen LogP contribution < -0.4 is 9.62 Å². The summed E-state index contributed by atoms with van der Waals surface area (Å²) >= 11 is 0. The molecule has 0 fully saturated rings. The molecule has 0 radical (unpaired) electrons. The van der Waals surface area contributed by atoms with E-state index in [1.807, 2.05) is 79.7 Å². The molecule has 0 aliphatic rings. The molecule has 2 amide bonds. The molecule has 0 aromatic heterocycles. The molecule has 0 aliphatic carbocycles. The van der Waals surface area contributed by atoms with Gasteiger partial charge in [0.1, 0.15) is 12.6 Å². The smallest absolute Gasteiger partial charge is 0.264 e. The van der Waals surface area contributed by atoms with Crippen molar-refractivity contribution in [1.82, 2.24) is 10.2 Å². The number of hydrogen-bond donors (Lipinski definition) is 1. The molecule has 0 bridgehead atoms. The lowest BCUT2D eigenvalue weighted by atomic mass is 10.0. The van der Waals surface area contributed by atoms with Crippen molar-refractivity contribution in [2.24, 2.45) is 0 Å². The summed E-state index contributed by atoms with van der Waals surface area (Å²) in [4.78, 5) is 29.5. The standard InChI is InChI=1S/C35H39N3O4S/c1-4-36-35(40)33(24-28-14-8-5-9-15-28)37(25-29-16-10-6-11-17-29)34(39)26-38(31-22-20-30(21-23-31)27(2)3)43(41,42)32-18-12-7-13-19-32/h5-23,27,33H,4,24-26H2,1-3H3,(H,36,40)/t33-/m1/s1. The van der Waals surface area contributed by atoms with E-state index in [-0.39, 0.29) is 29.7 Å². The Bertz CT molecular complexity index is 1580. The molecule has 1 N–H and O–H groups in total. The van der Waals surface area contributed by atoms with Gasteiger partial charge in [-0.2, -0.15) is 0 Å². The number of nitrogens with zero attached hydrogens (tertiary/aromatic N) is 2. The minimum absolute atomic E-state index is 0.0786. The minimum atomic E-state index is -4.12. The fourth-order valence-electron chi connectivity index (χ4n) is 4.90. The molecule has 224 valence electrons. The van der Waals surface area contributed by atoms with Gasteiger partial charge in [-0.15, -0.1) is 0 Å².